The normalized spacial score (nSPS) is 15.3. The number of hydrogen-bond donors (Lipinski definition) is 1. The van der Waals surface area contributed by atoms with E-state index in [0.717, 1.165) is 26.2 Å². The van der Waals surface area contributed by atoms with Crippen LogP contribution in [0.3, 0.4) is 0 Å². The number of hydrogen-bond acceptors (Lipinski definition) is 3. The summed E-state index contributed by atoms with van der Waals surface area (Å²) in [5.41, 5.74) is 2.50. The molecule has 0 aromatic heterocycles. The summed E-state index contributed by atoms with van der Waals surface area (Å²) in [6, 6.07) is 8.44. The fourth-order valence-corrected chi connectivity index (χ4v) is 2.18. The van der Waals surface area contributed by atoms with Crippen LogP contribution in [0.25, 0.3) is 0 Å². The first-order valence-electron chi connectivity index (χ1n) is 5.91. The SMILES string of the molecule is Cc1cccc(N2CCN(CC(=O)O)CC2)c1.Cl.Cl. The highest BCUT2D eigenvalue weighted by atomic mass is 35.5. The van der Waals surface area contributed by atoms with E-state index in [-0.39, 0.29) is 31.4 Å². The number of carboxylic acid groups (broad SMARTS) is 1. The number of carboxylic acids is 1. The Hall–Kier alpha value is -0.970. The van der Waals surface area contributed by atoms with Gasteiger partial charge in [-0.1, -0.05) is 12.1 Å². The Morgan fingerprint density at radius 1 is 1.21 bits per heavy atom. The lowest BCUT2D eigenvalue weighted by Gasteiger charge is -2.35. The summed E-state index contributed by atoms with van der Waals surface area (Å²) in [6.07, 6.45) is 0. The number of carbonyl (C=O) groups is 1. The van der Waals surface area contributed by atoms with Gasteiger partial charge in [-0.2, -0.15) is 0 Å². The maximum absolute atomic E-state index is 10.6. The van der Waals surface area contributed by atoms with Gasteiger partial charge in [0.05, 0.1) is 6.54 Å². The van der Waals surface area contributed by atoms with Crippen molar-refractivity contribution in [2.45, 2.75) is 6.92 Å². The number of piperazine rings is 1. The van der Waals surface area contributed by atoms with Crippen molar-refractivity contribution in [2.24, 2.45) is 0 Å². The van der Waals surface area contributed by atoms with Crippen LogP contribution in [0.5, 0.6) is 0 Å². The molecule has 0 atom stereocenters. The Morgan fingerprint density at radius 2 is 1.84 bits per heavy atom. The van der Waals surface area contributed by atoms with E-state index in [4.69, 9.17) is 5.11 Å². The number of halogens is 2. The van der Waals surface area contributed by atoms with Gasteiger partial charge in [-0.3, -0.25) is 9.69 Å². The molecule has 1 aromatic carbocycles. The number of nitrogens with zero attached hydrogens (tertiary/aromatic N) is 2. The van der Waals surface area contributed by atoms with Crippen LogP contribution in [0, 0.1) is 6.92 Å². The summed E-state index contributed by atoms with van der Waals surface area (Å²) >= 11 is 0. The lowest BCUT2D eigenvalue weighted by molar-refractivity contribution is -0.138. The molecule has 0 radical (unpaired) electrons. The molecule has 0 bridgehead atoms. The molecular weight excluding hydrogens is 287 g/mol. The predicted octanol–water partition coefficient (Wildman–Crippen LogP) is 2.05. The molecule has 0 unspecified atom stereocenters. The Balaban J connectivity index is 0.00000162. The first-order chi connectivity index (χ1) is 8.15. The van der Waals surface area contributed by atoms with Crippen molar-refractivity contribution in [3.8, 4) is 0 Å². The largest absolute Gasteiger partial charge is 0.480 e. The van der Waals surface area contributed by atoms with Crippen molar-refractivity contribution in [3.63, 3.8) is 0 Å². The van der Waals surface area contributed by atoms with Crippen LogP contribution in [0.4, 0.5) is 5.69 Å². The monoisotopic (exact) mass is 306 g/mol. The molecule has 19 heavy (non-hydrogen) atoms. The van der Waals surface area contributed by atoms with Gasteiger partial charge in [0.2, 0.25) is 0 Å². The standard InChI is InChI=1S/C13H18N2O2.2ClH/c1-11-3-2-4-12(9-11)15-7-5-14(6-8-15)10-13(16)17;;/h2-4,9H,5-8,10H2,1H3,(H,16,17);2*1H. The number of benzene rings is 1. The third-order valence-electron chi connectivity index (χ3n) is 3.10. The summed E-state index contributed by atoms with van der Waals surface area (Å²) < 4.78 is 0. The molecule has 4 nitrogen and oxygen atoms in total. The zero-order valence-electron chi connectivity index (χ0n) is 10.9. The Bertz CT molecular complexity index is 407. The predicted molar refractivity (Wildman–Crippen MR) is 82.0 cm³/mol. The average Bonchev–Trinajstić information content (AvgIpc) is 2.29. The van der Waals surface area contributed by atoms with Gasteiger partial charge < -0.3 is 10.0 Å². The number of rotatable bonds is 3. The maximum Gasteiger partial charge on any atom is 0.317 e. The minimum atomic E-state index is -0.742. The second kappa shape index (κ2) is 8.25. The Kier molecular flexibility index (Phi) is 7.83. The van der Waals surface area contributed by atoms with E-state index in [1.165, 1.54) is 11.3 Å². The lowest BCUT2D eigenvalue weighted by atomic mass is 10.2. The first-order valence-corrected chi connectivity index (χ1v) is 5.91. The summed E-state index contributed by atoms with van der Waals surface area (Å²) in [7, 11) is 0. The molecular formula is C13H20Cl2N2O2. The Labute approximate surface area is 126 Å². The van der Waals surface area contributed by atoms with Crippen molar-refractivity contribution < 1.29 is 9.90 Å². The van der Waals surface area contributed by atoms with E-state index in [1.807, 2.05) is 4.90 Å². The molecule has 1 N–H and O–H groups in total. The van der Waals surface area contributed by atoms with Crippen molar-refractivity contribution in [1.29, 1.82) is 0 Å². The highest BCUT2D eigenvalue weighted by molar-refractivity contribution is 5.85. The van der Waals surface area contributed by atoms with Crippen molar-refractivity contribution in [3.05, 3.63) is 29.8 Å². The third kappa shape index (κ3) is 5.27. The fraction of sp³-hybridized carbons (Fsp3) is 0.462. The molecule has 2 rings (SSSR count). The van der Waals surface area contributed by atoms with Gasteiger partial charge in [-0.15, -0.1) is 24.8 Å². The van der Waals surface area contributed by atoms with E-state index < -0.39 is 5.97 Å². The van der Waals surface area contributed by atoms with Gasteiger partial charge in [0.1, 0.15) is 0 Å². The van der Waals surface area contributed by atoms with Gasteiger partial charge in [0, 0.05) is 31.9 Å². The van der Waals surface area contributed by atoms with Crippen LogP contribution in [-0.2, 0) is 4.79 Å². The molecule has 0 aliphatic carbocycles. The van der Waals surface area contributed by atoms with Crippen molar-refractivity contribution in [2.75, 3.05) is 37.6 Å². The summed E-state index contributed by atoms with van der Waals surface area (Å²) in [5.74, 6) is -0.742. The van der Waals surface area contributed by atoms with Gasteiger partial charge in [-0.25, -0.2) is 0 Å². The quantitative estimate of drug-likeness (QED) is 0.928. The number of aryl methyl sites for hydroxylation is 1. The molecule has 1 aliphatic rings. The molecule has 0 amide bonds. The fourth-order valence-electron chi connectivity index (χ4n) is 2.18. The minimum Gasteiger partial charge on any atom is -0.480 e. The third-order valence-corrected chi connectivity index (χ3v) is 3.10. The molecule has 1 saturated heterocycles. The van der Waals surface area contributed by atoms with E-state index in [9.17, 15) is 4.79 Å². The average molecular weight is 307 g/mol. The second-order valence-corrected chi connectivity index (χ2v) is 4.50. The highest BCUT2D eigenvalue weighted by Gasteiger charge is 2.18. The molecule has 0 spiro atoms. The summed E-state index contributed by atoms with van der Waals surface area (Å²) in [6.45, 7) is 5.68. The van der Waals surface area contributed by atoms with E-state index in [2.05, 4.69) is 36.1 Å². The van der Waals surface area contributed by atoms with Gasteiger partial charge >= 0.3 is 5.97 Å². The molecule has 108 valence electrons. The second-order valence-electron chi connectivity index (χ2n) is 4.50. The molecule has 1 aromatic rings. The van der Waals surface area contributed by atoms with Crippen LogP contribution in [0.1, 0.15) is 5.56 Å². The van der Waals surface area contributed by atoms with E-state index >= 15 is 0 Å². The van der Waals surface area contributed by atoms with Crippen LogP contribution < -0.4 is 4.90 Å². The molecule has 1 fully saturated rings. The molecule has 6 heteroatoms. The maximum atomic E-state index is 10.6. The summed E-state index contributed by atoms with van der Waals surface area (Å²) in [5, 5.41) is 8.73. The lowest BCUT2D eigenvalue weighted by Crippen LogP contribution is -2.48. The first kappa shape index (κ1) is 18.0. The smallest absolute Gasteiger partial charge is 0.317 e. The van der Waals surface area contributed by atoms with Crippen LogP contribution >= 0.6 is 24.8 Å². The summed E-state index contributed by atoms with van der Waals surface area (Å²) in [4.78, 5) is 14.9. The number of aliphatic carboxylic acids is 1. The van der Waals surface area contributed by atoms with Crippen LogP contribution in [0.15, 0.2) is 24.3 Å². The topological polar surface area (TPSA) is 43.8 Å². The van der Waals surface area contributed by atoms with Gasteiger partial charge in [0.15, 0.2) is 0 Å². The van der Waals surface area contributed by atoms with Gasteiger partial charge in [0.25, 0.3) is 0 Å². The van der Waals surface area contributed by atoms with E-state index in [1.54, 1.807) is 0 Å². The van der Waals surface area contributed by atoms with Crippen molar-refractivity contribution >= 4 is 36.5 Å². The zero-order chi connectivity index (χ0) is 12.3. The minimum absolute atomic E-state index is 0. The van der Waals surface area contributed by atoms with Crippen LogP contribution in [0.2, 0.25) is 0 Å². The zero-order valence-corrected chi connectivity index (χ0v) is 12.5. The molecule has 1 aliphatic heterocycles. The van der Waals surface area contributed by atoms with Gasteiger partial charge in [-0.05, 0) is 24.6 Å². The molecule has 1 heterocycles. The van der Waals surface area contributed by atoms with Crippen molar-refractivity contribution in [1.82, 2.24) is 4.90 Å². The highest BCUT2D eigenvalue weighted by Crippen LogP contribution is 2.17. The van der Waals surface area contributed by atoms with E-state index in [0.29, 0.717) is 0 Å². The Morgan fingerprint density at radius 3 is 2.37 bits per heavy atom. The number of anilines is 1. The molecule has 0 saturated carbocycles. The van der Waals surface area contributed by atoms with Crippen LogP contribution in [-0.4, -0.2) is 48.7 Å².